The van der Waals surface area contributed by atoms with Gasteiger partial charge in [-0.25, -0.2) is 4.98 Å². The van der Waals surface area contributed by atoms with E-state index in [0.29, 0.717) is 0 Å². The van der Waals surface area contributed by atoms with Crippen molar-refractivity contribution in [1.29, 1.82) is 0 Å². The summed E-state index contributed by atoms with van der Waals surface area (Å²) in [5.74, 6) is 0.794. The number of imidazole rings is 1. The molecule has 0 spiro atoms. The predicted molar refractivity (Wildman–Crippen MR) is 55.3 cm³/mol. The van der Waals surface area contributed by atoms with Crippen LogP contribution in [0.25, 0.3) is 11.0 Å². The number of hydrogen-bond acceptors (Lipinski definition) is 4. The second-order valence-electron chi connectivity index (χ2n) is 3.80. The number of aliphatic hydroxyl groups is 1. The summed E-state index contributed by atoms with van der Waals surface area (Å²) in [5.41, 5.74) is 1.80. The van der Waals surface area contributed by atoms with Gasteiger partial charge in [-0.2, -0.15) is 0 Å². The van der Waals surface area contributed by atoms with Gasteiger partial charge in [0.1, 0.15) is 5.82 Å². The normalized spacial score (nSPS) is 26.2. The van der Waals surface area contributed by atoms with Crippen LogP contribution in [0, 0.1) is 0 Å². The highest BCUT2D eigenvalue weighted by atomic mass is 16.3. The Morgan fingerprint density at radius 1 is 1.47 bits per heavy atom. The van der Waals surface area contributed by atoms with Crippen LogP contribution in [0.1, 0.15) is 18.3 Å². The smallest absolute Gasteiger partial charge is 0.127 e. The molecule has 3 heterocycles. The Morgan fingerprint density at radius 3 is 3.13 bits per heavy atom. The quantitative estimate of drug-likeness (QED) is 0.626. The lowest BCUT2D eigenvalue weighted by molar-refractivity contribution is 0.157. The zero-order valence-corrected chi connectivity index (χ0v) is 8.14. The van der Waals surface area contributed by atoms with Gasteiger partial charge in [0.15, 0.2) is 0 Å². The summed E-state index contributed by atoms with van der Waals surface area (Å²) in [5, 5.41) is 12.9. The summed E-state index contributed by atoms with van der Waals surface area (Å²) in [6.45, 7) is 0.834. The molecule has 3 N–H and O–H groups in total. The van der Waals surface area contributed by atoms with Crippen molar-refractivity contribution in [3.63, 3.8) is 0 Å². The molecule has 0 saturated carbocycles. The van der Waals surface area contributed by atoms with Gasteiger partial charge in [0.2, 0.25) is 0 Å². The van der Waals surface area contributed by atoms with Crippen molar-refractivity contribution < 1.29 is 5.11 Å². The van der Waals surface area contributed by atoms with Crippen LogP contribution >= 0.6 is 0 Å². The fourth-order valence-corrected chi connectivity index (χ4v) is 1.99. The molecule has 3 rings (SSSR count). The number of fused-ring (bicyclic) bond motifs is 1. The first-order valence-corrected chi connectivity index (χ1v) is 5.05. The molecule has 0 aromatic carbocycles. The van der Waals surface area contributed by atoms with Crippen LogP contribution < -0.4 is 5.32 Å². The molecular formula is C10H12N4O. The summed E-state index contributed by atoms with van der Waals surface area (Å²) < 4.78 is 0. The van der Waals surface area contributed by atoms with Crippen molar-refractivity contribution in [1.82, 2.24) is 20.3 Å². The maximum atomic E-state index is 9.73. The average Bonchev–Trinajstić information content (AvgIpc) is 2.82. The summed E-state index contributed by atoms with van der Waals surface area (Å²) >= 11 is 0. The fraction of sp³-hybridized carbons (Fsp3) is 0.400. The number of hydrogen-bond donors (Lipinski definition) is 3. The number of nitrogens with zero attached hydrogens (tertiary/aromatic N) is 2. The number of aliphatic hydroxyl groups excluding tert-OH is 1. The molecule has 1 saturated heterocycles. The van der Waals surface area contributed by atoms with Gasteiger partial charge in [-0.3, -0.25) is 4.98 Å². The largest absolute Gasteiger partial charge is 0.391 e. The average molecular weight is 204 g/mol. The number of H-pyrrole nitrogens is 1. The van der Waals surface area contributed by atoms with Crippen LogP contribution in [0.3, 0.4) is 0 Å². The zero-order chi connectivity index (χ0) is 10.3. The van der Waals surface area contributed by atoms with Gasteiger partial charge < -0.3 is 15.4 Å². The maximum absolute atomic E-state index is 9.73. The highest BCUT2D eigenvalue weighted by Crippen LogP contribution is 2.23. The van der Waals surface area contributed by atoms with E-state index in [1.54, 1.807) is 12.4 Å². The van der Waals surface area contributed by atoms with Crippen molar-refractivity contribution in [2.24, 2.45) is 0 Å². The fourth-order valence-electron chi connectivity index (χ4n) is 1.99. The van der Waals surface area contributed by atoms with Crippen LogP contribution in [0.4, 0.5) is 0 Å². The van der Waals surface area contributed by atoms with Gasteiger partial charge in [0.05, 0.1) is 29.4 Å². The van der Waals surface area contributed by atoms with E-state index < -0.39 is 0 Å². The van der Waals surface area contributed by atoms with E-state index in [0.717, 1.165) is 29.8 Å². The van der Waals surface area contributed by atoms with E-state index in [9.17, 15) is 5.11 Å². The third kappa shape index (κ3) is 1.40. The summed E-state index contributed by atoms with van der Waals surface area (Å²) in [6.07, 6.45) is 3.89. The standard InChI is InChI=1S/C10H12N4O/c15-8-2-4-12-9(8)10-13-6-1-3-11-5-7(6)14-10/h1,3,5,8-9,12,15H,2,4H2,(H,13,14). The molecule has 5 heteroatoms. The van der Waals surface area contributed by atoms with Gasteiger partial charge >= 0.3 is 0 Å². The minimum absolute atomic E-state index is 0.0719. The van der Waals surface area contributed by atoms with E-state index in [1.165, 1.54) is 0 Å². The molecule has 0 radical (unpaired) electrons. The van der Waals surface area contributed by atoms with Crippen molar-refractivity contribution in [2.45, 2.75) is 18.6 Å². The third-order valence-electron chi connectivity index (χ3n) is 2.79. The number of nitrogens with one attached hydrogen (secondary N) is 2. The van der Waals surface area contributed by atoms with Gasteiger partial charge in [-0.15, -0.1) is 0 Å². The Balaban J connectivity index is 2.04. The Hall–Kier alpha value is -1.46. The monoisotopic (exact) mass is 204 g/mol. The number of aromatic amines is 1. The molecule has 1 aliphatic rings. The van der Waals surface area contributed by atoms with Gasteiger partial charge in [0.25, 0.3) is 0 Å². The second kappa shape index (κ2) is 3.29. The first-order valence-electron chi connectivity index (χ1n) is 5.05. The lowest BCUT2D eigenvalue weighted by atomic mass is 10.2. The van der Waals surface area contributed by atoms with Crippen LogP contribution in [0.2, 0.25) is 0 Å². The second-order valence-corrected chi connectivity index (χ2v) is 3.80. The van der Waals surface area contributed by atoms with E-state index in [1.807, 2.05) is 6.07 Å². The third-order valence-corrected chi connectivity index (χ3v) is 2.79. The van der Waals surface area contributed by atoms with E-state index in [-0.39, 0.29) is 12.1 Å². The van der Waals surface area contributed by atoms with Crippen LogP contribution in [0.5, 0.6) is 0 Å². The molecule has 0 aliphatic carbocycles. The zero-order valence-electron chi connectivity index (χ0n) is 8.14. The molecular weight excluding hydrogens is 192 g/mol. The molecule has 2 aromatic rings. The molecule has 2 atom stereocenters. The Bertz CT molecular complexity index is 448. The van der Waals surface area contributed by atoms with Gasteiger partial charge in [0, 0.05) is 6.20 Å². The highest BCUT2D eigenvalue weighted by molar-refractivity contribution is 5.73. The SMILES string of the molecule is OC1CCNC1c1nc2ccncc2[nH]1. The first kappa shape index (κ1) is 8.82. The number of aromatic nitrogens is 3. The van der Waals surface area contributed by atoms with E-state index in [2.05, 4.69) is 20.3 Å². The van der Waals surface area contributed by atoms with Crippen molar-refractivity contribution >= 4 is 11.0 Å². The molecule has 2 unspecified atom stereocenters. The molecule has 0 bridgehead atoms. The molecule has 15 heavy (non-hydrogen) atoms. The molecule has 1 fully saturated rings. The molecule has 1 aliphatic heterocycles. The Kier molecular flexibility index (Phi) is 1.93. The maximum Gasteiger partial charge on any atom is 0.127 e. The molecule has 0 amide bonds. The number of rotatable bonds is 1. The first-order chi connectivity index (χ1) is 7.34. The van der Waals surface area contributed by atoms with Crippen LogP contribution in [-0.4, -0.2) is 32.7 Å². The van der Waals surface area contributed by atoms with Crippen LogP contribution in [0.15, 0.2) is 18.5 Å². The Morgan fingerprint density at radius 2 is 2.40 bits per heavy atom. The molecule has 5 nitrogen and oxygen atoms in total. The predicted octanol–water partition coefficient (Wildman–Crippen LogP) is 0.353. The minimum atomic E-state index is -0.349. The van der Waals surface area contributed by atoms with Crippen LogP contribution in [-0.2, 0) is 0 Å². The Labute approximate surface area is 86.6 Å². The molecule has 2 aromatic heterocycles. The summed E-state index contributed by atoms with van der Waals surface area (Å²) in [6, 6.07) is 1.79. The van der Waals surface area contributed by atoms with Crippen molar-refractivity contribution in [3.8, 4) is 0 Å². The van der Waals surface area contributed by atoms with E-state index >= 15 is 0 Å². The highest BCUT2D eigenvalue weighted by Gasteiger charge is 2.28. The number of pyridine rings is 1. The summed E-state index contributed by atoms with van der Waals surface area (Å²) in [4.78, 5) is 11.6. The van der Waals surface area contributed by atoms with Gasteiger partial charge in [-0.1, -0.05) is 0 Å². The van der Waals surface area contributed by atoms with Crippen molar-refractivity contribution in [3.05, 3.63) is 24.3 Å². The van der Waals surface area contributed by atoms with Gasteiger partial charge in [-0.05, 0) is 19.0 Å². The minimum Gasteiger partial charge on any atom is -0.391 e. The molecule has 78 valence electrons. The topological polar surface area (TPSA) is 73.8 Å². The van der Waals surface area contributed by atoms with E-state index in [4.69, 9.17) is 0 Å². The lowest BCUT2D eigenvalue weighted by Crippen LogP contribution is -2.22. The van der Waals surface area contributed by atoms with Crippen molar-refractivity contribution in [2.75, 3.05) is 6.54 Å². The lowest BCUT2D eigenvalue weighted by Gasteiger charge is -2.10. The summed E-state index contributed by atoms with van der Waals surface area (Å²) in [7, 11) is 0.